The van der Waals surface area contributed by atoms with Crippen LogP contribution in [0.1, 0.15) is 31.2 Å². The summed E-state index contributed by atoms with van der Waals surface area (Å²) in [5.41, 5.74) is 3.70. The number of ether oxygens (including phenoxy) is 1. The first-order valence-corrected chi connectivity index (χ1v) is 7.27. The third-order valence-electron chi connectivity index (χ3n) is 3.94. The first-order chi connectivity index (χ1) is 9.69. The summed E-state index contributed by atoms with van der Waals surface area (Å²) in [6.07, 6.45) is 3.09. The van der Waals surface area contributed by atoms with Crippen LogP contribution in [0, 0.1) is 12.8 Å². The number of anilines is 2. The standard InChI is InChI=1S/C14H25N5O/c1-4-12-16-13(18-15)10(2)14(17-12)19-7-5-11(6-8-19)9-20-3/h11H,4-9,15H2,1-3H3,(H,16,17,18). The monoisotopic (exact) mass is 279 g/mol. The fourth-order valence-electron chi connectivity index (χ4n) is 2.70. The largest absolute Gasteiger partial charge is 0.384 e. The fourth-order valence-corrected chi connectivity index (χ4v) is 2.70. The number of hydrogen-bond acceptors (Lipinski definition) is 6. The van der Waals surface area contributed by atoms with E-state index in [1.807, 2.05) is 6.92 Å². The number of hydrazine groups is 1. The molecule has 2 rings (SSSR count). The number of piperidine rings is 1. The van der Waals surface area contributed by atoms with Crippen molar-refractivity contribution in [3.8, 4) is 0 Å². The topological polar surface area (TPSA) is 76.3 Å². The number of aryl methyl sites for hydroxylation is 1. The van der Waals surface area contributed by atoms with Crippen molar-refractivity contribution in [2.45, 2.75) is 33.1 Å². The van der Waals surface area contributed by atoms with Gasteiger partial charge in [0.15, 0.2) is 0 Å². The van der Waals surface area contributed by atoms with Crippen LogP contribution < -0.4 is 16.2 Å². The second kappa shape index (κ2) is 6.85. The predicted octanol–water partition coefficient (Wildman–Crippen LogP) is 1.50. The van der Waals surface area contributed by atoms with Crippen LogP contribution in [0.25, 0.3) is 0 Å². The Morgan fingerprint density at radius 3 is 2.60 bits per heavy atom. The summed E-state index contributed by atoms with van der Waals surface area (Å²) >= 11 is 0. The Labute approximate surface area is 120 Å². The van der Waals surface area contributed by atoms with Gasteiger partial charge in [-0.3, -0.25) is 0 Å². The minimum Gasteiger partial charge on any atom is -0.384 e. The van der Waals surface area contributed by atoms with Crippen molar-refractivity contribution in [3.05, 3.63) is 11.4 Å². The summed E-state index contributed by atoms with van der Waals surface area (Å²) in [6, 6.07) is 0. The van der Waals surface area contributed by atoms with Crippen LogP contribution in [0.3, 0.4) is 0 Å². The summed E-state index contributed by atoms with van der Waals surface area (Å²) < 4.78 is 5.25. The first kappa shape index (κ1) is 15.0. The molecule has 1 aromatic rings. The summed E-state index contributed by atoms with van der Waals surface area (Å²) in [4.78, 5) is 11.4. The molecule has 1 fully saturated rings. The van der Waals surface area contributed by atoms with Crippen molar-refractivity contribution in [2.75, 3.05) is 37.1 Å². The molecule has 6 heteroatoms. The van der Waals surface area contributed by atoms with Gasteiger partial charge < -0.3 is 15.1 Å². The number of nitrogens with one attached hydrogen (secondary N) is 1. The quantitative estimate of drug-likeness (QED) is 0.628. The minimum atomic E-state index is 0.663. The van der Waals surface area contributed by atoms with Crippen LogP contribution in [0.15, 0.2) is 0 Å². The number of aromatic nitrogens is 2. The van der Waals surface area contributed by atoms with Crippen molar-refractivity contribution in [3.63, 3.8) is 0 Å². The smallest absolute Gasteiger partial charge is 0.148 e. The number of rotatable bonds is 5. The molecule has 112 valence electrons. The Bertz CT molecular complexity index is 443. The third kappa shape index (κ3) is 3.19. The number of nitrogens with two attached hydrogens (primary N) is 1. The average Bonchev–Trinajstić information content (AvgIpc) is 2.49. The zero-order valence-corrected chi connectivity index (χ0v) is 12.6. The maximum absolute atomic E-state index is 5.56. The predicted molar refractivity (Wildman–Crippen MR) is 80.8 cm³/mol. The Hall–Kier alpha value is -1.40. The molecule has 1 aliphatic rings. The SMILES string of the molecule is CCc1nc(NN)c(C)c(N2CCC(COC)CC2)n1. The maximum atomic E-state index is 5.56. The van der Waals surface area contributed by atoms with Gasteiger partial charge in [-0.25, -0.2) is 15.8 Å². The molecule has 2 heterocycles. The first-order valence-electron chi connectivity index (χ1n) is 7.27. The van der Waals surface area contributed by atoms with Gasteiger partial charge in [0.05, 0.1) is 0 Å². The molecule has 1 aromatic heterocycles. The highest BCUT2D eigenvalue weighted by Gasteiger charge is 2.22. The molecule has 3 N–H and O–H groups in total. The highest BCUT2D eigenvalue weighted by molar-refractivity contribution is 5.58. The fraction of sp³-hybridized carbons (Fsp3) is 0.714. The Morgan fingerprint density at radius 2 is 2.05 bits per heavy atom. The van der Waals surface area contributed by atoms with Gasteiger partial charge in [-0.15, -0.1) is 0 Å². The molecule has 0 bridgehead atoms. The van der Waals surface area contributed by atoms with Gasteiger partial charge in [0.25, 0.3) is 0 Å². The molecule has 1 saturated heterocycles. The van der Waals surface area contributed by atoms with Gasteiger partial charge in [-0.2, -0.15) is 0 Å². The summed E-state index contributed by atoms with van der Waals surface area (Å²) in [6.45, 7) is 6.95. The maximum Gasteiger partial charge on any atom is 0.148 e. The van der Waals surface area contributed by atoms with E-state index in [2.05, 4.69) is 27.2 Å². The Morgan fingerprint density at radius 1 is 1.35 bits per heavy atom. The molecule has 0 radical (unpaired) electrons. The molecule has 1 aliphatic heterocycles. The van der Waals surface area contributed by atoms with E-state index in [4.69, 9.17) is 10.6 Å². The van der Waals surface area contributed by atoms with E-state index in [1.54, 1.807) is 7.11 Å². The van der Waals surface area contributed by atoms with Crippen LogP contribution in [0.5, 0.6) is 0 Å². The highest BCUT2D eigenvalue weighted by Crippen LogP contribution is 2.27. The summed E-state index contributed by atoms with van der Waals surface area (Å²) in [5, 5.41) is 0. The van der Waals surface area contributed by atoms with Crippen LogP contribution in [-0.4, -0.2) is 36.8 Å². The van der Waals surface area contributed by atoms with Crippen molar-refractivity contribution < 1.29 is 4.74 Å². The normalized spacial score (nSPS) is 16.5. The van der Waals surface area contributed by atoms with Crippen LogP contribution in [0.4, 0.5) is 11.6 Å². The minimum absolute atomic E-state index is 0.663. The van der Waals surface area contributed by atoms with Crippen LogP contribution in [-0.2, 0) is 11.2 Å². The number of methoxy groups -OCH3 is 1. The number of nitrogens with zero attached hydrogens (tertiary/aromatic N) is 3. The van der Waals surface area contributed by atoms with Gasteiger partial charge in [0.1, 0.15) is 17.5 Å². The number of hydrogen-bond donors (Lipinski definition) is 2. The van der Waals surface area contributed by atoms with E-state index in [-0.39, 0.29) is 0 Å². The molecule has 0 amide bonds. The Kier molecular flexibility index (Phi) is 5.14. The van der Waals surface area contributed by atoms with Crippen molar-refractivity contribution in [1.29, 1.82) is 0 Å². The lowest BCUT2D eigenvalue weighted by Gasteiger charge is -2.33. The van der Waals surface area contributed by atoms with E-state index < -0.39 is 0 Å². The van der Waals surface area contributed by atoms with Gasteiger partial charge in [-0.05, 0) is 25.7 Å². The molecular formula is C14H25N5O. The van der Waals surface area contributed by atoms with Gasteiger partial charge in [-0.1, -0.05) is 6.92 Å². The molecule has 20 heavy (non-hydrogen) atoms. The number of nitrogen functional groups attached to an aromatic ring is 1. The molecule has 6 nitrogen and oxygen atoms in total. The van der Waals surface area contributed by atoms with E-state index in [1.165, 1.54) is 0 Å². The molecule has 0 aromatic carbocycles. The average molecular weight is 279 g/mol. The lowest BCUT2D eigenvalue weighted by molar-refractivity contribution is 0.139. The molecule has 0 saturated carbocycles. The molecule has 0 aliphatic carbocycles. The summed E-state index contributed by atoms with van der Waals surface area (Å²) in [7, 11) is 1.77. The lowest BCUT2D eigenvalue weighted by Crippen LogP contribution is -2.36. The third-order valence-corrected chi connectivity index (χ3v) is 3.94. The molecule has 0 spiro atoms. The zero-order valence-electron chi connectivity index (χ0n) is 12.6. The van der Waals surface area contributed by atoms with Crippen molar-refractivity contribution in [2.24, 2.45) is 11.8 Å². The molecular weight excluding hydrogens is 254 g/mol. The van der Waals surface area contributed by atoms with E-state index in [9.17, 15) is 0 Å². The molecule has 0 atom stereocenters. The van der Waals surface area contributed by atoms with E-state index in [0.717, 1.165) is 62.0 Å². The highest BCUT2D eigenvalue weighted by atomic mass is 16.5. The van der Waals surface area contributed by atoms with Crippen LogP contribution >= 0.6 is 0 Å². The van der Waals surface area contributed by atoms with Crippen molar-refractivity contribution in [1.82, 2.24) is 9.97 Å². The van der Waals surface area contributed by atoms with Gasteiger partial charge >= 0.3 is 0 Å². The van der Waals surface area contributed by atoms with Gasteiger partial charge in [0, 0.05) is 38.8 Å². The van der Waals surface area contributed by atoms with E-state index >= 15 is 0 Å². The van der Waals surface area contributed by atoms with Gasteiger partial charge in [0.2, 0.25) is 0 Å². The van der Waals surface area contributed by atoms with Crippen LogP contribution in [0.2, 0.25) is 0 Å². The Balaban J connectivity index is 2.16. The van der Waals surface area contributed by atoms with E-state index in [0.29, 0.717) is 5.92 Å². The second-order valence-corrected chi connectivity index (χ2v) is 5.32. The molecule has 0 unspecified atom stereocenters. The lowest BCUT2D eigenvalue weighted by atomic mass is 9.97. The summed E-state index contributed by atoms with van der Waals surface area (Å²) in [5.74, 6) is 8.80. The second-order valence-electron chi connectivity index (χ2n) is 5.32. The zero-order chi connectivity index (χ0) is 14.5. The van der Waals surface area contributed by atoms with Crippen molar-refractivity contribution >= 4 is 11.6 Å².